The molecule has 1 aliphatic carbocycles. The fourth-order valence-electron chi connectivity index (χ4n) is 2.88. The van der Waals surface area contributed by atoms with Crippen molar-refractivity contribution in [2.45, 2.75) is 38.8 Å². The molecule has 2 amide bonds. The third kappa shape index (κ3) is 3.42. The molecule has 0 radical (unpaired) electrons. The van der Waals surface area contributed by atoms with Gasteiger partial charge in [-0.05, 0) is 31.2 Å². The van der Waals surface area contributed by atoms with Crippen LogP contribution < -0.4 is 16.4 Å². The van der Waals surface area contributed by atoms with E-state index in [2.05, 4.69) is 10.6 Å². The van der Waals surface area contributed by atoms with Gasteiger partial charge in [0, 0.05) is 24.1 Å². The summed E-state index contributed by atoms with van der Waals surface area (Å²) in [6, 6.07) is 5.38. The maximum atomic E-state index is 12.8. The number of nitrogens with two attached hydrogens (primary N) is 1. The summed E-state index contributed by atoms with van der Waals surface area (Å²) in [4.78, 5) is 24.3. The number of ether oxygens (including phenoxy) is 1. The zero-order chi connectivity index (χ0) is 18.0. The lowest BCUT2D eigenvalue weighted by atomic mass is 9.54. The molecule has 6 nitrogen and oxygen atoms in total. The quantitative estimate of drug-likeness (QED) is 0.732. The molecule has 1 aromatic carbocycles. The number of halogens is 1. The molecule has 1 saturated carbocycles. The topological polar surface area (TPSA) is 93.4 Å². The van der Waals surface area contributed by atoms with Gasteiger partial charge in [-0.1, -0.05) is 13.8 Å². The van der Waals surface area contributed by atoms with E-state index in [4.69, 9.17) is 10.5 Å². The Morgan fingerprint density at radius 2 is 1.96 bits per heavy atom. The van der Waals surface area contributed by atoms with Crippen LogP contribution in [0.1, 0.15) is 27.2 Å². The van der Waals surface area contributed by atoms with Gasteiger partial charge in [0.05, 0.1) is 12.6 Å². The van der Waals surface area contributed by atoms with E-state index in [-0.39, 0.29) is 24.4 Å². The average Bonchev–Trinajstić information content (AvgIpc) is 2.54. The Bertz CT molecular complexity index is 618. The molecular weight excluding hydrogens is 313 g/mol. The van der Waals surface area contributed by atoms with Gasteiger partial charge in [0.25, 0.3) is 0 Å². The number of hydrogen-bond acceptors (Lipinski definition) is 4. The van der Waals surface area contributed by atoms with E-state index in [9.17, 15) is 14.0 Å². The van der Waals surface area contributed by atoms with Crippen LogP contribution in [0.4, 0.5) is 10.1 Å². The average molecular weight is 337 g/mol. The molecule has 0 bridgehead atoms. The van der Waals surface area contributed by atoms with Gasteiger partial charge in [-0.15, -0.1) is 0 Å². The van der Waals surface area contributed by atoms with Crippen LogP contribution in [0, 0.1) is 11.2 Å². The van der Waals surface area contributed by atoms with Gasteiger partial charge < -0.3 is 21.1 Å². The maximum absolute atomic E-state index is 12.8. The molecule has 0 aliphatic heterocycles. The van der Waals surface area contributed by atoms with Gasteiger partial charge >= 0.3 is 0 Å². The summed E-state index contributed by atoms with van der Waals surface area (Å²) < 4.78 is 18.4. The molecule has 1 aromatic rings. The van der Waals surface area contributed by atoms with Crippen molar-refractivity contribution < 1.29 is 18.7 Å². The Hall–Kier alpha value is -1.99. The standard InChI is InChI=1S/C17H24FN3O3/c1-4-24-13-9-17(19,16(13,2)3)15(23)20-10-14(22)21-12-7-5-11(18)6-8-12/h5-8,13H,4,9-10,19H2,1-3H3,(H,20,23)(H,21,22). The van der Waals surface area contributed by atoms with Crippen LogP contribution in [-0.2, 0) is 14.3 Å². The summed E-state index contributed by atoms with van der Waals surface area (Å²) in [7, 11) is 0. The summed E-state index contributed by atoms with van der Waals surface area (Å²) in [6.45, 7) is 6.02. The molecule has 2 rings (SSSR count). The molecule has 24 heavy (non-hydrogen) atoms. The third-order valence-corrected chi connectivity index (χ3v) is 4.77. The van der Waals surface area contributed by atoms with Gasteiger partial charge in [-0.2, -0.15) is 0 Å². The Kier molecular flexibility index (Phi) is 5.25. The first-order chi connectivity index (χ1) is 11.2. The summed E-state index contributed by atoms with van der Waals surface area (Å²) in [5.74, 6) is -1.17. The Labute approximate surface area is 140 Å². The van der Waals surface area contributed by atoms with Crippen LogP contribution in [0.15, 0.2) is 24.3 Å². The van der Waals surface area contributed by atoms with Crippen molar-refractivity contribution in [2.24, 2.45) is 11.1 Å². The van der Waals surface area contributed by atoms with Crippen LogP contribution in [0.25, 0.3) is 0 Å². The zero-order valence-electron chi connectivity index (χ0n) is 14.2. The molecular formula is C17H24FN3O3. The number of nitrogens with one attached hydrogen (secondary N) is 2. The predicted octanol–water partition coefficient (Wildman–Crippen LogP) is 1.41. The Morgan fingerprint density at radius 3 is 2.50 bits per heavy atom. The number of amides is 2. The lowest BCUT2D eigenvalue weighted by molar-refractivity contribution is -0.170. The van der Waals surface area contributed by atoms with Crippen molar-refractivity contribution in [1.82, 2.24) is 5.32 Å². The minimum Gasteiger partial charge on any atom is -0.378 e. The summed E-state index contributed by atoms with van der Waals surface area (Å²) in [5, 5.41) is 5.15. The molecule has 0 spiro atoms. The number of carbonyl (C=O) groups is 2. The monoisotopic (exact) mass is 337 g/mol. The predicted molar refractivity (Wildman–Crippen MR) is 88.8 cm³/mol. The molecule has 1 aliphatic rings. The van der Waals surface area contributed by atoms with Crippen molar-refractivity contribution >= 4 is 17.5 Å². The van der Waals surface area contributed by atoms with Crippen LogP contribution in [0.3, 0.4) is 0 Å². The number of anilines is 1. The Morgan fingerprint density at radius 1 is 1.33 bits per heavy atom. The zero-order valence-corrected chi connectivity index (χ0v) is 14.2. The van der Waals surface area contributed by atoms with E-state index >= 15 is 0 Å². The molecule has 2 unspecified atom stereocenters. The maximum Gasteiger partial charge on any atom is 0.243 e. The van der Waals surface area contributed by atoms with Gasteiger partial charge in [0.1, 0.15) is 11.4 Å². The van der Waals surface area contributed by atoms with E-state index < -0.39 is 16.9 Å². The first-order valence-electron chi connectivity index (χ1n) is 7.95. The second kappa shape index (κ2) is 6.86. The molecule has 0 saturated heterocycles. The van der Waals surface area contributed by atoms with Crippen molar-refractivity contribution in [1.29, 1.82) is 0 Å². The molecule has 1 fully saturated rings. The normalized spacial score (nSPS) is 24.8. The SMILES string of the molecule is CCOC1CC(N)(C(=O)NCC(=O)Nc2ccc(F)cc2)C1(C)C. The number of benzene rings is 1. The van der Waals surface area contributed by atoms with Crippen LogP contribution in [-0.4, -0.2) is 36.6 Å². The molecule has 4 N–H and O–H groups in total. The van der Waals surface area contributed by atoms with E-state index in [1.807, 2.05) is 20.8 Å². The minimum absolute atomic E-state index is 0.0775. The van der Waals surface area contributed by atoms with Gasteiger partial charge in [0.15, 0.2) is 0 Å². The van der Waals surface area contributed by atoms with Crippen LogP contribution >= 0.6 is 0 Å². The van der Waals surface area contributed by atoms with Crippen molar-refractivity contribution in [3.8, 4) is 0 Å². The highest BCUT2D eigenvalue weighted by Gasteiger charge is 2.62. The second-order valence-corrected chi connectivity index (χ2v) is 6.58. The molecule has 7 heteroatoms. The second-order valence-electron chi connectivity index (χ2n) is 6.58. The van der Waals surface area contributed by atoms with Crippen LogP contribution in [0.2, 0.25) is 0 Å². The summed E-state index contributed by atoms with van der Waals surface area (Å²) >= 11 is 0. The largest absolute Gasteiger partial charge is 0.378 e. The van der Waals surface area contributed by atoms with Crippen molar-refractivity contribution in [2.75, 3.05) is 18.5 Å². The van der Waals surface area contributed by atoms with Crippen molar-refractivity contribution in [3.63, 3.8) is 0 Å². The fraction of sp³-hybridized carbons (Fsp3) is 0.529. The Balaban J connectivity index is 1.86. The fourth-order valence-corrected chi connectivity index (χ4v) is 2.88. The highest BCUT2D eigenvalue weighted by Crippen LogP contribution is 2.49. The minimum atomic E-state index is -1.07. The first kappa shape index (κ1) is 18.4. The molecule has 0 aromatic heterocycles. The third-order valence-electron chi connectivity index (χ3n) is 4.77. The van der Waals surface area contributed by atoms with Crippen LogP contribution in [0.5, 0.6) is 0 Å². The van der Waals surface area contributed by atoms with E-state index in [0.717, 1.165) is 0 Å². The molecule has 0 heterocycles. The summed E-state index contributed by atoms with van der Waals surface area (Å²) in [5.41, 5.74) is 5.11. The molecule has 132 valence electrons. The van der Waals surface area contributed by atoms with Gasteiger partial charge in [-0.25, -0.2) is 4.39 Å². The van der Waals surface area contributed by atoms with E-state index in [1.54, 1.807) is 0 Å². The lowest BCUT2D eigenvalue weighted by Crippen LogP contribution is -2.76. The summed E-state index contributed by atoms with van der Waals surface area (Å²) in [6.07, 6.45) is 0.338. The molecule has 2 atom stereocenters. The smallest absolute Gasteiger partial charge is 0.243 e. The number of rotatable bonds is 6. The van der Waals surface area contributed by atoms with E-state index in [0.29, 0.717) is 18.7 Å². The number of hydrogen-bond donors (Lipinski definition) is 3. The van der Waals surface area contributed by atoms with Gasteiger partial charge in [-0.3, -0.25) is 9.59 Å². The van der Waals surface area contributed by atoms with Crippen molar-refractivity contribution in [3.05, 3.63) is 30.1 Å². The van der Waals surface area contributed by atoms with Gasteiger partial charge in [0.2, 0.25) is 11.8 Å². The number of carbonyl (C=O) groups excluding carboxylic acids is 2. The highest BCUT2D eigenvalue weighted by molar-refractivity contribution is 5.96. The van der Waals surface area contributed by atoms with E-state index in [1.165, 1.54) is 24.3 Å². The first-order valence-corrected chi connectivity index (χ1v) is 7.95. The lowest BCUT2D eigenvalue weighted by Gasteiger charge is -2.57. The highest BCUT2D eigenvalue weighted by atomic mass is 19.1.